The first-order chi connectivity index (χ1) is 10.8. The molecule has 1 aromatic carbocycles. The Morgan fingerprint density at radius 1 is 1.52 bits per heavy atom. The van der Waals surface area contributed by atoms with Crippen LogP contribution in [0.5, 0.6) is 0 Å². The van der Waals surface area contributed by atoms with Crippen LogP contribution in [0.15, 0.2) is 18.2 Å². The second kappa shape index (κ2) is 6.87. The molecule has 2 rings (SSSR count). The normalized spacial score (nSPS) is 20.8. The van der Waals surface area contributed by atoms with E-state index in [1.54, 1.807) is 12.1 Å². The van der Waals surface area contributed by atoms with E-state index in [1.807, 2.05) is 0 Å². The Balaban J connectivity index is 2.52. The molecule has 4 nitrogen and oxygen atoms in total. The molecule has 0 saturated carbocycles. The molecule has 1 aliphatic heterocycles. The first-order valence-corrected chi connectivity index (χ1v) is 8.41. The van der Waals surface area contributed by atoms with Gasteiger partial charge in [0.05, 0.1) is 0 Å². The van der Waals surface area contributed by atoms with Gasteiger partial charge in [0.1, 0.15) is 11.9 Å². The van der Waals surface area contributed by atoms with Gasteiger partial charge in [-0.15, -0.1) is 0 Å². The summed E-state index contributed by atoms with van der Waals surface area (Å²) in [5.74, 6) is 5.26. The van der Waals surface area contributed by atoms with Crippen LogP contribution in [0.25, 0.3) is 0 Å². The molecule has 0 aromatic heterocycles. The summed E-state index contributed by atoms with van der Waals surface area (Å²) in [6.45, 7) is 8.49. The van der Waals surface area contributed by atoms with Crippen LogP contribution in [-0.2, 0) is 4.79 Å². The molecule has 5 heteroatoms. The number of hydrogen-bond acceptors (Lipinski definition) is 3. The predicted octanol–water partition coefficient (Wildman–Crippen LogP) is 3.47. The van der Waals surface area contributed by atoms with Crippen LogP contribution in [0, 0.1) is 5.82 Å². The number of anilines is 1. The number of carbonyl (C=O) groups is 1. The summed E-state index contributed by atoms with van der Waals surface area (Å²) in [4.78, 5) is 14.5. The van der Waals surface area contributed by atoms with Gasteiger partial charge < -0.3 is 4.90 Å². The van der Waals surface area contributed by atoms with Gasteiger partial charge in [0, 0.05) is 11.2 Å². The number of fused-ring (bicyclic) bond motifs is 1. The van der Waals surface area contributed by atoms with E-state index in [4.69, 9.17) is 5.84 Å². The number of hydrogen-bond donors (Lipinski definition) is 2. The molecule has 128 valence electrons. The Morgan fingerprint density at radius 2 is 2.22 bits per heavy atom. The molecular weight excluding hydrogens is 293 g/mol. The van der Waals surface area contributed by atoms with Gasteiger partial charge in [0.25, 0.3) is 5.91 Å². The zero-order valence-corrected chi connectivity index (χ0v) is 14.5. The monoisotopic (exact) mass is 321 g/mol. The maximum atomic E-state index is 13.7. The van der Waals surface area contributed by atoms with Gasteiger partial charge >= 0.3 is 0 Å². The molecule has 0 spiro atoms. The van der Waals surface area contributed by atoms with Crippen molar-refractivity contribution in [3.05, 3.63) is 29.6 Å². The van der Waals surface area contributed by atoms with Gasteiger partial charge in [-0.05, 0) is 56.4 Å². The molecule has 2 atom stereocenters. The number of unbranched alkanes of at least 4 members (excludes halogenated alkanes) is 1. The minimum absolute atomic E-state index is 0.184. The topological polar surface area (TPSA) is 58.4 Å². The number of nitrogens with zero attached hydrogens (tertiary/aromatic N) is 1. The van der Waals surface area contributed by atoms with Gasteiger partial charge in [0.15, 0.2) is 0 Å². The number of nitrogens with two attached hydrogens (primary N) is 1. The summed E-state index contributed by atoms with van der Waals surface area (Å²) in [6.07, 6.45) is 3.55. The second-order valence-corrected chi connectivity index (χ2v) is 7.16. The number of halogens is 1. The van der Waals surface area contributed by atoms with Crippen LogP contribution in [0.1, 0.15) is 64.9 Å². The summed E-state index contributed by atoms with van der Waals surface area (Å²) < 4.78 is 13.7. The van der Waals surface area contributed by atoms with Crippen molar-refractivity contribution in [2.45, 2.75) is 70.9 Å². The Morgan fingerprint density at radius 3 is 2.83 bits per heavy atom. The lowest BCUT2D eigenvalue weighted by Gasteiger charge is -2.50. The van der Waals surface area contributed by atoms with Crippen molar-refractivity contribution in [3.63, 3.8) is 0 Å². The van der Waals surface area contributed by atoms with Crippen molar-refractivity contribution in [2.24, 2.45) is 5.84 Å². The highest BCUT2D eigenvalue weighted by molar-refractivity contribution is 5.86. The highest BCUT2D eigenvalue weighted by Gasteiger charge is 2.42. The van der Waals surface area contributed by atoms with E-state index in [9.17, 15) is 9.18 Å². The number of carbonyl (C=O) groups excluding carboxylic acids is 1. The maximum absolute atomic E-state index is 13.7. The van der Waals surface area contributed by atoms with Crippen LogP contribution in [-0.4, -0.2) is 17.5 Å². The summed E-state index contributed by atoms with van der Waals surface area (Å²) in [5.41, 5.74) is 4.02. The number of amides is 1. The molecule has 1 aromatic rings. The average Bonchev–Trinajstić information content (AvgIpc) is 2.49. The SMILES string of the molecule is CCCCC(C(=O)NN)N1c2ccc(F)cc2C(C)CC1(C)C. The second-order valence-electron chi connectivity index (χ2n) is 7.16. The third kappa shape index (κ3) is 3.50. The van der Waals surface area contributed by atoms with Crippen LogP contribution >= 0.6 is 0 Å². The molecule has 0 bridgehead atoms. The van der Waals surface area contributed by atoms with Gasteiger partial charge in [-0.3, -0.25) is 10.2 Å². The molecule has 0 radical (unpaired) electrons. The van der Waals surface area contributed by atoms with Crippen LogP contribution < -0.4 is 16.2 Å². The van der Waals surface area contributed by atoms with Gasteiger partial charge in [-0.1, -0.05) is 26.7 Å². The molecule has 0 fully saturated rings. The molecule has 1 aliphatic rings. The maximum Gasteiger partial charge on any atom is 0.256 e. The molecule has 0 aliphatic carbocycles. The summed E-state index contributed by atoms with van der Waals surface area (Å²) in [6, 6.07) is 4.52. The summed E-state index contributed by atoms with van der Waals surface area (Å²) in [7, 11) is 0. The smallest absolute Gasteiger partial charge is 0.256 e. The molecule has 23 heavy (non-hydrogen) atoms. The molecular formula is C18H28FN3O. The third-order valence-electron chi connectivity index (χ3n) is 4.83. The first-order valence-electron chi connectivity index (χ1n) is 8.41. The molecule has 0 saturated heterocycles. The molecule has 1 amide bonds. The Labute approximate surface area is 138 Å². The summed E-state index contributed by atoms with van der Waals surface area (Å²) in [5, 5.41) is 0. The number of nitrogens with one attached hydrogen (secondary N) is 1. The van der Waals surface area contributed by atoms with E-state index in [0.717, 1.165) is 36.9 Å². The van der Waals surface area contributed by atoms with Crippen LogP contribution in [0.2, 0.25) is 0 Å². The van der Waals surface area contributed by atoms with Crippen LogP contribution in [0.3, 0.4) is 0 Å². The highest BCUT2D eigenvalue weighted by Crippen LogP contribution is 2.45. The average molecular weight is 321 g/mol. The zero-order chi connectivity index (χ0) is 17.2. The van der Waals surface area contributed by atoms with Gasteiger partial charge in [-0.25, -0.2) is 10.2 Å². The fourth-order valence-corrected chi connectivity index (χ4v) is 3.88. The minimum Gasteiger partial charge on any atom is -0.354 e. The van der Waals surface area contributed by atoms with Crippen molar-refractivity contribution >= 4 is 11.6 Å². The number of hydrazine groups is 1. The Hall–Kier alpha value is -1.62. The van der Waals surface area contributed by atoms with Crippen molar-refractivity contribution in [1.29, 1.82) is 0 Å². The fraction of sp³-hybridized carbons (Fsp3) is 0.611. The van der Waals surface area contributed by atoms with E-state index in [2.05, 4.69) is 38.0 Å². The van der Waals surface area contributed by atoms with E-state index >= 15 is 0 Å². The van der Waals surface area contributed by atoms with Crippen molar-refractivity contribution in [3.8, 4) is 0 Å². The van der Waals surface area contributed by atoms with Crippen molar-refractivity contribution in [2.75, 3.05) is 4.90 Å². The molecule has 1 heterocycles. The van der Waals surface area contributed by atoms with E-state index in [-0.39, 0.29) is 29.2 Å². The summed E-state index contributed by atoms with van der Waals surface area (Å²) >= 11 is 0. The van der Waals surface area contributed by atoms with Gasteiger partial charge in [0.2, 0.25) is 0 Å². The fourth-order valence-electron chi connectivity index (χ4n) is 3.88. The Kier molecular flexibility index (Phi) is 5.30. The third-order valence-corrected chi connectivity index (χ3v) is 4.83. The zero-order valence-electron chi connectivity index (χ0n) is 14.5. The largest absolute Gasteiger partial charge is 0.354 e. The first kappa shape index (κ1) is 17.7. The highest BCUT2D eigenvalue weighted by atomic mass is 19.1. The van der Waals surface area contributed by atoms with E-state index in [1.165, 1.54) is 6.07 Å². The molecule has 3 N–H and O–H groups in total. The van der Waals surface area contributed by atoms with Gasteiger partial charge in [-0.2, -0.15) is 0 Å². The standard InChI is InChI=1S/C18H28FN3O/c1-5-6-7-16(17(23)21-20)22-15-9-8-13(19)10-14(15)12(2)11-18(22,3)4/h8-10,12,16H,5-7,11,20H2,1-4H3,(H,21,23). The van der Waals surface area contributed by atoms with Crippen molar-refractivity contribution < 1.29 is 9.18 Å². The lowest BCUT2D eigenvalue weighted by molar-refractivity contribution is -0.123. The molecule has 2 unspecified atom stereocenters. The van der Waals surface area contributed by atoms with Crippen LogP contribution in [0.4, 0.5) is 10.1 Å². The lowest BCUT2D eigenvalue weighted by atomic mass is 9.78. The number of benzene rings is 1. The quantitative estimate of drug-likeness (QED) is 0.496. The minimum atomic E-state index is -0.341. The van der Waals surface area contributed by atoms with Crippen molar-refractivity contribution in [1.82, 2.24) is 5.43 Å². The predicted molar refractivity (Wildman–Crippen MR) is 91.6 cm³/mol. The Bertz CT molecular complexity index is 573. The van der Waals surface area contributed by atoms with E-state index in [0.29, 0.717) is 0 Å². The van der Waals surface area contributed by atoms with E-state index < -0.39 is 0 Å². The lowest BCUT2D eigenvalue weighted by Crippen LogP contribution is -2.59. The number of rotatable bonds is 5.